The summed E-state index contributed by atoms with van der Waals surface area (Å²) in [5, 5.41) is 16.5. The lowest BCUT2D eigenvalue weighted by Crippen LogP contribution is -2.48. The molecule has 1 aromatic carbocycles. The van der Waals surface area contributed by atoms with Crippen LogP contribution in [0.25, 0.3) is 0 Å². The van der Waals surface area contributed by atoms with Crippen molar-refractivity contribution < 1.29 is 9.84 Å². The predicted octanol–water partition coefficient (Wildman–Crippen LogP) is 2.21. The molecule has 2 N–H and O–H groups in total. The molecule has 1 atom stereocenters. The van der Waals surface area contributed by atoms with E-state index in [4.69, 9.17) is 4.74 Å². The number of nitrogens with one attached hydrogen (secondary N) is 1. The van der Waals surface area contributed by atoms with E-state index in [9.17, 15) is 5.11 Å². The second-order valence-electron chi connectivity index (χ2n) is 5.05. The minimum Gasteiger partial charge on any atom is -0.493 e. The van der Waals surface area contributed by atoms with Crippen LogP contribution < -0.4 is 10.1 Å². The first-order valence-electron chi connectivity index (χ1n) is 6.73. The number of hydrogen-bond acceptors (Lipinski definition) is 5. The summed E-state index contributed by atoms with van der Waals surface area (Å²) in [5.74, 6) is 0.856. The highest BCUT2D eigenvalue weighted by Crippen LogP contribution is 2.36. The Hall–Kier alpha value is -1.43. The van der Waals surface area contributed by atoms with Gasteiger partial charge in [-0.1, -0.05) is 18.2 Å². The molecule has 0 radical (unpaired) electrons. The number of nitrogens with zero attached hydrogens (tertiary/aromatic N) is 1. The van der Waals surface area contributed by atoms with Crippen LogP contribution in [0.4, 0.5) is 0 Å². The number of aryl methyl sites for hydroxylation is 1. The van der Waals surface area contributed by atoms with E-state index in [1.165, 1.54) is 0 Å². The molecule has 0 fully saturated rings. The zero-order valence-electron chi connectivity index (χ0n) is 11.4. The predicted molar refractivity (Wildman–Crippen MR) is 79.0 cm³/mol. The lowest BCUT2D eigenvalue weighted by atomic mass is 9.85. The first kappa shape index (κ1) is 13.5. The standard InChI is InChI=1S/C15H18N2O2S/c1-11-17-12(9-20-11)8-16-15(10-18)6-7-19-14-5-3-2-4-13(14)15/h2-5,9,16,18H,6-8,10H2,1H3/t15-/m1/s1. The van der Waals surface area contributed by atoms with E-state index in [0.29, 0.717) is 13.2 Å². The van der Waals surface area contributed by atoms with Gasteiger partial charge in [-0.05, 0) is 13.0 Å². The van der Waals surface area contributed by atoms with Crippen LogP contribution in [0.5, 0.6) is 5.75 Å². The van der Waals surface area contributed by atoms with E-state index in [1.807, 2.05) is 31.2 Å². The summed E-state index contributed by atoms with van der Waals surface area (Å²) in [5.41, 5.74) is 1.61. The Morgan fingerprint density at radius 1 is 1.45 bits per heavy atom. The molecular weight excluding hydrogens is 272 g/mol. The smallest absolute Gasteiger partial charge is 0.124 e. The van der Waals surface area contributed by atoms with Crippen LogP contribution in [0.2, 0.25) is 0 Å². The van der Waals surface area contributed by atoms with E-state index in [1.54, 1.807) is 11.3 Å². The molecule has 1 aliphatic rings. The molecule has 2 heterocycles. The van der Waals surface area contributed by atoms with E-state index < -0.39 is 5.54 Å². The van der Waals surface area contributed by atoms with Gasteiger partial charge in [0.25, 0.3) is 0 Å². The van der Waals surface area contributed by atoms with Crippen LogP contribution in [0.3, 0.4) is 0 Å². The van der Waals surface area contributed by atoms with Gasteiger partial charge in [0, 0.05) is 23.9 Å². The molecule has 0 aliphatic carbocycles. The van der Waals surface area contributed by atoms with Gasteiger partial charge in [-0.15, -0.1) is 11.3 Å². The van der Waals surface area contributed by atoms with Gasteiger partial charge in [-0.25, -0.2) is 4.98 Å². The average molecular weight is 290 g/mol. The molecule has 4 nitrogen and oxygen atoms in total. The molecule has 0 unspecified atom stereocenters. The molecular formula is C15H18N2O2S. The minimum atomic E-state index is -0.438. The van der Waals surface area contributed by atoms with E-state index in [0.717, 1.165) is 28.4 Å². The molecule has 0 bridgehead atoms. The summed E-state index contributed by atoms with van der Waals surface area (Å²) in [6, 6.07) is 7.90. The molecule has 0 saturated heterocycles. The summed E-state index contributed by atoms with van der Waals surface area (Å²) >= 11 is 1.64. The van der Waals surface area contributed by atoms with Crippen molar-refractivity contribution in [1.29, 1.82) is 0 Å². The Morgan fingerprint density at radius 3 is 3.05 bits per heavy atom. The molecule has 20 heavy (non-hydrogen) atoms. The summed E-state index contributed by atoms with van der Waals surface area (Å²) in [7, 11) is 0. The Balaban J connectivity index is 1.85. The van der Waals surface area contributed by atoms with Crippen molar-refractivity contribution >= 4 is 11.3 Å². The number of thiazole rings is 1. The van der Waals surface area contributed by atoms with Crippen LogP contribution in [0, 0.1) is 6.92 Å². The number of ether oxygens (including phenoxy) is 1. The van der Waals surface area contributed by atoms with E-state index in [-0.39, 0.29) is 6.61 Å². The molecule has 3 rings (SSSR count). The van der Waals surface area contributed by atoms with E-state index >= 15 is 0 Å². The fourth-order valence-electron chi connectivity index (χ4n) is 2.61. The number of fused-ring (bicyclic) bond motifs is 1. The van der Waals surface area contributed by atoms with Crippen molar-refractivity contribution in [3.8, 4) is 5.75 Å². The lowest BCUT2D eigenvalue weighted by Gasteiger charge is -2.38. The van der Waals surface area contributed by atoms with Crippen molar-refractivity contribution in [2.24, 2.45) is 0 Å². The van der Waals surface area contributed by atoms with Crippen molar-refractivity contribution in [2.45, 2.75) is 25.4 Å². The molecule has 106 valence electrons. The van der Waals surface area contributed by atoms with Crippen LogP contribution >= 0.6 is 11.3 Å². The van der Waals surface area contributed by atoms with Crippen LogP contribution in [0.1, 0.15) is 22.7 Å². The number of aromatic nitrogens is 1. The van der Waals surface area contributed by atoms with Crippen molar-refractivity contribution in [1.82, 2.24) is 10.3 Å². The summed E-state index contributed by atoms with van der Waals surface area (Å²) in [6.07, 6.45) is 0.754. The fraction of sp³-hybridized carbons (Fsp3) is 0.400. The zero-order chi connectivity index (χ0) is 14.0. The topological polar surface area (TPSA) is 54.4 Å². The number of hydrogen-bond donors (Lipinski definition) is 2. The van der Waals surface area contributed by atoms with Crippen molar-refractivity contribution in [2.75, 3.05) is 13.2 Å². The third-order valence-electron chi connectivity index (χ3n) is 3.73. The largest absolute Gasteiger partial charge is 0.493 e. The van der Waals surface area contributed by atoms with Crippen molar-refractivity contribution in [3.05, 3.63) is 45.9 Å². The number of aliphatic hydroxyl groups excluding tert-OH is 1. The summed E-state index contributed by atoms with van der Waals surface area (Å²) in [4.78, 5) is 4.46. The van der Waals surface area contributed by atoms with Gasteiger partial charge in [0.15, 0.2) is 0 Å². The molecule has 0 saturated carbocycles. The van der Waals surface area contributed by atoms with Crippen LogP contribution in [0.15, 0.2) is 29.6 Å². The highest BCUT2D eigenvalue weighted by atomic mass is 32.1. The average Bonchev–Trinajstić information content (AvgIpc) is 2.91. The Labute approximate surface area is 122 Å². The zero-order valence-corrected chi connectivity index (χ0v) is 12.2. The van der Waals surface area contributed by atoms with Gasteiger partial charge in [0.2, 0.25) is 0 Å². The summed E-state index contributed by atoms with van der Waals surface area (Å²) in [6.45, 7) is 3.32. The van der Waals surface area contributed by atoms with Gasteiger partial charge >= 0.3 is 0 Å². The van der Waals surface area contributed by atoms with E-state index in [2.05, 4.69) is 15.7 Å². The minimum absolute atomic E-state index is 0.0521. The molecule has 5 heteroatoms. The van der Waals surface area contributed by atoms with Gasteiger partial charge in [-0.2, -0.15) is 0 Å². The highest BCUT2D eigenvalue weighted by molar-refractivity contribution is 7.09. The Kier molecular flexibility index (Phi) is 3.74. The number of para-hydroxylation sites is 1. The SMILES string of the molecule is Cc1nc(CN[C@@]2(CO)CCOc3ccccc32)cs1. The maximum absolute atomic E-state index is 9.94. The third-order valence-corrected chi connectivity index (χ3v) is 4.56. The van der Waals surface area contributed by atoms with Crippen molar-refractivity contribution in [3.63, 3.8) is 0 Å². The fourth-order valence-corrected chi connectivity index (χ4v) is 3.22. The normalized spacial score (nSPS) is 21.3. The monoisotopic (exact) mass is 290 g/mol. The first-order valence-corrected chi connectivity index (χ1v) is 7.61. The maximum atomic E-state index is 9.94. The van der Waals surface area contributed by atoms with Gasteiger partial charge in [-0.3, -0.25) is 5.32 Å². The number of benzene rings is 1. The van der Waals surface area contributed by atoms with Gasteiger partial charge < -0.3 is 9.84 Å². The first-order chi connectivity index (χ1) is 9.73. The second-order valence-corrected chi connectivity index (χ2v) is 6.11. The van der Waals surface area contributed by atoms with Crippen LogP contribution in [-0.2, 0) is 12.1 Å². The van der Waals surface area contributed by atoms with Gasteiger partial charge in [0.05, 0.1) is 29.5 Å². The Bertz CT molecular complexity index is 599. The maximum Gasteiger partial charge on any atom is 0.124 e. The molecule has 1 aliphatic heterocycles. The molecule has 0 spiro atoms. The summed E-state index contributed by atoms with van der Waals surface area (Å²) < 4.78 is 5.67. The van der Waals surface area contributed by atoms with Crippen LogP contribution in [-0.4, -0.2) is 23.3 Å². The second kappa shape index (κ2) is 5.52. The third kappa shape index (κ3) is 2.44. The number of rotatable bonds is 4. The molecule has 0 amide bonds. The lowest BCUT2D eigenvalue weighted by molar-refractivity contribution is 0.105. The highest BCUT2D eigenvalue weighted by Gasteiger charge is 2.36. The Morgan fingerprint density at radius 2 is 2.30 bits per heavy atom. The quantitative estimate of drug-likeness (QED) is 0.906. The number of aliphatic hydroxyl groups is 1. The molecule has 1 aromatic heterocycles. The van der Waals surface area contributed by atoms with Gasteiger partial charge in [0.1, 0.15) is 5.75 Å². The molecule has 2 aromatic rings.